The molecule has 1 amide bonds. The third-order valence-electron chi connectivity index (χ3n) is 2.98. The van der Waals surface area contributed by atoms with Crippen molar-refractivity contribution in [3.63, 3.8) is 0 Å². The number of carbonyl (C=O) groups is 1. The molecule has 0 saturated carbocycles. The maximum Gasteiger partial charge on any atom is 0.257 e. The predicted molar refractivity (Wildman–Crippen MR) is 98.3 cm³/mol. The van der Waals surface area contributed by atoms with Crippen LogP contribution in [0.2, 0.25) is 0 Å². The van der Waals surface area contributed by atoms with E-state index < -0.39 is 0 Å². The Morgan fingerprint density at radius 2 is 1.88 bits per heavy atom. The highest BCUT2D eigenvalue weighted by atomic mass is 79.9. The second-order valence-corrected chi connectivity index (χ2v) is 6.62. The third-order valence-corrected chi connectivity index (χ3v) is 3.91. The fraction of sp³-hybridized carbons (Fsp3) is 0. The van der Waals surface area contributed by atoms with E-state index in [-0.39, 0.29) is 5.91 Å². The van der Waals surface area contributed by atoms with E-state index in [4.69, 9.17) is 4.74 Å². The Morgan fingerprint density at radius 1 is 1.00 bits per heavy atom. The van der Waals surface area contributed by atoms with Gasteiger partial charge in [0.1, 0.15) is 5.75 Å². The molecule has 24 heavy (non-hydrogen) atoms. The van der Waals surface area contributed by atoms with Crippen LogP contribution >= 0.6 is 31.9 Å². The predicted octanol–water partition coefficient (Wildman–Crippen LogP) is 5.05. The van der Waals surface area contributed by atoms with Crippen molar-refractivity contribution < 1.29 is 9.53 Å². The number of ether oxygens (including phenoxy) is 1. The number of hydrogen-bond acceptors (Lipinski definition) is 4. The molecular formula is C17H11Br2N3O2. The number of nitrogens with zero attached hydrogens (tertiary/aromatic N) is 2. The molecule has 0 aliphatic rings. The summed E-state index contributed by atoms with van der Waals surface area (Å²) in [6, 6.07) is 12.6. The van der Waals surface area contributed by atoms with Crippen LogP contribution in [0.25, 0.3) is 0 Å². The van der Waals surface area contributed by atoms with Gasteiger partial charge in [0, 0.05) is 27.4 Å². The first-order valence-electron chi connectivity index (χ1n) is 6.91. The Kier molecular flexibility index (Phi) is 5.22. The number of pyridine rings is 2. The minimum atomic E-state index is -0.258. The average molecular weight is 449 g/mol. The van der Waals surface area contributed by atoms with Crippen LogP contribution in [0, 0.1) is 0 Å². The molecule has 0 bridgehead atoms. The number of benzene rings is 1. The quantitative estimate of drug-likeness (QED) is 0.606. The van der Waals surface area contributed by atoms with E-state index in [2.05, 4.69) is 47.1 Å². The zero-order valence-electron chi connectivity index (χ0n) is 12.2. The van der Waals surface area contributed by atoms with E-state index in [1.54, 1.807) is 24.4 Å². The van der Waals surface area contributed by atoms with Crippen LogP contribution in [-0.4, -0.2) is 15.9 Å². The highest BCUT2D eigenvalue weighted by molar-refractivity contribution is 9.10. The normalized spacial score (nSPS) is 10.2. The van der Waals surface area contributed by atoms with Crippen LogP contribution in [0.1, 0.15) is 10.4 Å². The molecule has 5 nitrogen and oxygen atoms in total. The van der Waals surface area contributed by atoms with E-state index in [1.165, 1.54) is 12.4 Å². The summed E-state index contributed by atoms with van der Waals surface area (Å²) in [5.74, 6) is 0.857. The minimum Gasteiger partial charge on any atom is -0.439 e. The first-order valence-corrected chi connectivity index (χ1v) is 8.50. The second kappa shape index (κ2) is 7.55. The lowest BCUT2D eigenvalue weighted by atomic mass is 10.2. The van der Waals surface area contributed by atoms with Crippen molar-refractivity contribution in [3.05, 3.63) is 75.6 Å². The molecule has 0 fully saturated rings. The van der Waals surface area contributed by atoms with Gasteiger partial charge in [-0.25, -0.2) is 4.98 Å². The Morgan fingerprint density at radius 3 is 2.58 bits per heavy atom. The highest BCUT2D eigenvalue weighted by Crippen LogP contribution is 2.23. The van der Waals surface area contributed by atoms with Gasteiger partial charge in [0.2, 0.25) is 5.88 Å². The molecule has 1 aromatic carbocycles. The van der Waals surface area contributed by atoms with Crippen LogP contribution in [-0.2, 0) is 0 Å². The molecule has 0 atom stereocenters. The van der Waals surface area contributed by atoms with E-state index in [9.17, 15) is 4.79 Å². The fourth-order valence-electron chi connectivity index (χ4n) is 1.91. The summed E-state index contributed by atoms with van der Waals surface area (Å²) in [6.07, 6.45) is 4.65. The standard InChI is InChI=1S/C17H11Br2N3O2/c18-12-2-1-3-15(7-12)24-16-5-4-14(10-21-16)22-17(23)11-6-13(19)9-20-8-11/h1-10H,(H,22,23). The van der Waals surface area contributed by atoms with E-state index >= 15 is 0 Å². The zero-order chi connectivity index (χ0) is 16.9. The molecule has 120 valence electrons. The fourth-order valence-corrected chi connectivity index (χ4v) is 2.65. The van der Waals surface area contributed by atoms with Crippen LogP contribution in [0.5, 0.6) is 11.6 Å². The molecule has 0 aliphatic carbocycles. The number of hydrogen-bond donors (Lipinski definition) is 1. The number of halogens is 2. The third kappa shape index (κ3) is 4.39. The summed E-state index contributed by atoms with van der Waals surface area (Å²) in [7, 11) is 0. The van der Waals surface area contributed by atoms with Crippen molar-refractivity contribution in [1.82, 2.24) is 9.97 Å². The first-order chi connectivity index (χ1) is 11.6. The minimum absolute atomic E-state index is 0.258. The molecule has 7 heteroatoms. The second-order valence-electron chi connectivity index (χ2n) is 4.79. The van der Waals surface area contributed by atoms with Gasteiger partial charge in [0.25, 0.3) is 5.91 Å². The number of amides is 1. The first kappa shape index (κ1) is 16.6. The molecule has 1 N–H and O–H groups in total. The van der Waals surface area contributed by atoms with Crippen molar-refractivity contribution in [1.29, 1.82) is 0 Å². The number of rotatable bonds is 4. The Balaban J connectivity index is 1.67. The summed E-state index contributed by atoms with van der Waals surface area (Å²) in [6.45, 7) is 0. The number of aromatic nitrogens is 2. The summed E-state index contributed by atoms with van der Waals surface area (Å²) in [5.41, 5.74) is 1.03. The van der Waals surface area contributed by atoms with E-state index in [1.807, 2.05) is 24.3 Å². The maximum atomic E-state index is 12.1. The summed E-state index contributed by atoms with van der Waals surface area (Å²) >= 11 is 6.67. The number of nitrogens with one attached hydrogen (secondary N) is 1. The number of carbonyl (C=O) groups excluding carboxylic acids is 1. The van der Waals surface area contributed by atoms with E-state index in [0.717, 1.165) is 8.95 Å². The van der Waals surface area contributed by atoms with Crippen molar-refractivity contribution >= 4 is 43.5 Å². The van der Waals surface area contributed by atoms with Gasteiger partial charge < -0.3 is 10.1 Å². The van der Waals surface area contributed by atoms with E-state index in [0.29, 0.717) is 22.9 Å². The molecular weight excluding hydrogens is 438 g/mol. The number of anilines is 1. The maximum absolute atomic E-state index is 12.1. The lowest BCUT2D eigenvalue weighted by molar-refractivity contribution is 0.102. The van der Waals surface area contributed by atoms with Crippen molar-refractivity contribution in [3.8, 4) is 11.6 Å². The average Bonchev–Trinajstić information content (AvgIpc) is 2.57. The Bertz CT molecular complexity index is 870. The van der Waals surface area contributed by atoms with Gasteiger partial charge in [-0.05, 0) is 46.3 Å². The van der Waals surface area contributed by atoms with Crippen LogP contribution < -0.4 is 10.1 Å². The molecule has 3 rings (SSSR count). The van der Waals surface area contributed by atoms with Crippen LogP contribution in [0.3, 0.4) is 0 Å². The molecule has 0 saturated heterocycles. The van der Waals surface area contributed by atoms with Gasteiger partial charge in [-0.2, -0.15) is 0 Å². The van der Waals surface area contributed by atoms with Gasteiger partial charge in [0.15, 0.2) is 0 Å². The SMILES string of the molecule is O=C(Nc1ccc(Oc2cccc(Br)c2)nc1)c1cncc(Br)c1. The highest BCUT2D eigenvalue weighted by Gasteiger charge is 2.08. The van der Waals surface area contributed by atoms with Gasteiger partial charge in [-0.15, -0.1) is 0 Å². The van der Waals surface area contributed by atoms with Gasteiger partial charge >= 0.3 is 0 Å². The van der Waals surface area contributed by atoms with Gasteiger partial charge in [0.05, 0.1) is 17.4 Å². The monoisotopic (exact) mass is 447 g/mol. The smallest absolute Gasteiger partial charge is 0.257 e. The zero-order valence-corrected chi connectivity index (χ0v) is 15.4. The molecule has 3 aromatic rings. The molecule has 0 spiro atoms. The molecule has 0 radical (unpaired) electrons. The topological polar surface area (TPSA) is 64.1 Å². The van der Waals surface area contributed by atoms with Crippen molar-refractivity contribution in [2.45, 2.75) is 0 Å². The van der Waals surface area contributed by atoms with Gasteiger partial charge in [-0.1, -0.05) is 22.0 Å². The Hall–Kier alpha value is -2.25. The van der Waals surface area contributed by atoms with Crippen molar-refractivity contribution in [2.75, 3.05) is 5.32 Å². The van der Waals surface area contributed by atoms with Crippen LogP contribution in [0.15, 0.2) is 70.0 Å². The summed E-state index contributed by atoms with van der Waals surface area (Å²) < 4.78 is 7.31. The summed E-state index contributed by atoms with van der Waals surface area (Å²) in [4.78, 5) is 20.3. The Labute approximate surface area is 155 Å². The lowest BCUT2D eigenvalue weighted by Gasteiger charge is -2.07. The van der Waals surface area contributed by atoms with Crippen LogP contribution in [0.4, 0.5) is 5.69 Å². The van der Waals surface area contributed by atoms with Gasteiger partial charge in [-0.3, -0.25) is 9.78 Å². The van der Waals surface area contributed by atoms with Crippen molar-refractivity contribution in [2.24, 2.45) is 0 Å². The lowest BCUT2D eigenvalue weighted by Crippen LogP contribution is -2.12. The summed E-state index contributed by atoms with van der Waals surface area (Å²) in [5, 5.41) is 2.76. The molecule has 2 aromatic heterocycles. The molecule has 0 aliphatic heterocycles. The molecule has 2 heterocycles. The molecule has 0 unspecified atom stereocenters. The largest absolute Gasteiger partial charge is 0.439 e.